The summed E-state index contributed by atoms with van der Waals surface area (Å²) in [4.78, 5) is 22.3. The van der Waals surface area contributed by atoms with Gasteiger partial charge in [-0.05, 0) is 19.1 Å². The minimum absolute atomic E-state index is 0.117. The van der Waals surface area contributed by atoms with Gasteiger partial charge in [-0.15, -0.1) is 11.3 Å². The zero-order valence-electron chi connectivity index (χ0n) is 12.1. The molecule has 1 aromatic carbocycles. The van der Waals surface area contributed by atoms with Gasteiger partial charge in [0.15, 0.2) is 0 Å². The standard InChI is InChI=1S/C15H16N4O2S/c1-10-13(22-9-17-10)8-16-15-18-12-5-3-2-4-11(12)14(21)19(15)6-7-20/h2-5,9,20H,6-8H2,1H3,(H,16,18). The van der Waals surface area contributed by atoms with Gasteiger partial charge in [0, 0.05) is 4.88 Å². The molecule has 6 nitrogen and oxygen atoms in total. The Morgan fingerprint density at radius 2 is 2.18 bits per heavy atom. The van der Waals surface area contributed by atoms with E-state index in [9.17, 15) is 9.90 Å². The fourth-order valence-electron chi connectivity index (χ4n) is 2.27. The maximum absolute atomic E-state index is 12.5. The Morgan fingerprint density at radius 3 is 2.91 bits per heavy atom. The second-order valence-electron chi connectivity index (χ2n) is 4.85. The second kappa shape index (κ2) is 6.25. The zero-order chi connectivity index (χ0) is 15.5. The summed E-state index contributed by atoms with van der Waals surface area (Å²) in [7, 11) is 0. The smallest absolute Gasteiger partial charge is 0.262 e. The van der Waals surface area contributed by atoms with Crippen molar-refractivity contribution in [2.24, 2.45) is 0 Å². The van der Waals surface area contributed by atoms with Crippen LogP contribution in [0.25, 0.3) is 10.9 Å². The quantitative estimate of drug-likeness (QED) is 0.750. The monoisotopic (exact) mass is 316 g/mol. The molecule has 7 heteroatoms. The number of nitrogens with zero attached hydrogens (tertiary/aromatic N) is 3. The highest BCUT2D eigenvalue weighted by Crippen LogP contribution is 2.15. The minimum atomic E-state index is -0.150. The molecule has 2 aromatic heterocycles. The van der Waals surface area contributed by atoms with E-state index in [0.717, 1.165) is 10.6 Å². The van der Waals surface area contributed by atoms with Crippen LogP contribution in [0.2, 0.25) is 0 Å². The Bertz CT molecular complexity index is 856. The largest absolute Gasteiger partial charge is 0.395 e. The molecule has 0 bridgehead atoms. The molecule has 2 heterocycles. The fraction of sp³-hybridized carbons (Fsp3) is 0.267. The first kappa shape index (κ1) is 14.7. The number of anilines is 1. The van der Waals surface area contributed by atoms with Gasteiger partial charge in [-0.2, -0.15) is 0 Å². The van der Waals surface area contributed by atoms with Crippen LogP contribution in [-0.4, -0.2) is 26.2 Å². The number of benzene rings is 1. The molecule has 0 saturated heterocycles. The van der Waals surface area contributed by atoms with Crippen molar-refractivity contribution in [1.29, 1.82) is 0 Å². The van der Waals surface area contributed by atoms with Gasteiger partial charge in [-0.1, -0.05) is 12.1 Å². The Morgan fingerprint density at radius 1 is 1.36 bits per heavy atom. The third-order valence-electron chi connectivity index (χ3n) is 3.44. The van der Waals surface area contributed by atoms with Gasteiger partial charge in [0.25, 0.3) is 5.56 Å². The van der Waals surface area contributed by atoms with E-state index < -0.39 is 0 Å². The van der Waals surface area contributed by atoms with E-state index in [-0.39, 0.29) is 18.7 Å². The number of rotatable bonds is 5. The van der Waals surface area contributed by atoms with Crippen LogP contribution in [0.15, 0.2) is 34.6 Å². The summed E-state index contributed by atoms with van der Waals surface area (Å²) < 4.78 is 1.47. The van der Waals surface area contributed by atoms with Crippen LogP contribution in [0.3, 0.4) is 0 Å². The third kappa shape index (κ3) is 2.72. The lowest BCUT2D eigenvalue weighted by Crippen LogP contribution is -2.26. The Labute approximate surface area is 131 Å². The number of aromatic nitrogens is 3. The van der Waals surface area contributed by atoms with Crippen molar-refractivity contribution in [2.45, 2.75) is 20.0 Å². The van der Waals surface area contributed by atoms with Gasteiger partial charge < -0.3 is 10.4 Å². The number of aryl methyl sites for hydroxylation is 1. The molecule has 3 rings (SSSR count). The van der Waals surface area contributed by atoms with E-state index in [0.29, 0.717) is 23.4 Å². The van der Waals surface area contributed by atoms with Crippen molar-refractivity contribution in [3.8, 4) is 0 Å². The predicted octanol–water partition coefficient (Wildman–Crippen LogP) is 1.77. The number of nitrogens with one attached hydrogen (secondary N) is 1. The first-order chi connectivity index (χ1) is 10.7. The van der Waals surface area contributed by atoms with E-state index in [4.69, 9.17) is 0 Å². The van der Waals surface area contributed by atoms with Gasteiger partial charge in [0.2, 0.25) is 5.95 Å². The molecule has 0 unspecified atom stereocenters. The second-order valence-corrected chi connectivity index (χ2v) is 5.79. The van der Waals surface area contributed by atoms with Crippen LogP contribution in [0.1, 0.15) is 10.6 Å². The van der Waals surface area contributed by atoms with Crippen molar-refractivity contribution < 1.29 is 5.11 Å². The first-order valence-corrected chi connectivity index (χ1v) is 7.82. The van der Waals surface area contributed by atoms with Crippen LogP contribution in [0.4, 0.5) is 5.95 Å². The lowest BCUT2D eigenvalue weighted by atomic mass is 10.2. The summed E-state index contributed by atoms with van der Waals surface area (Å²) in [5.74, 6) is 0.463. The molecular formula is C15H16N4O2S. The number of aliphatic hydroxyl groups is 1. The fourth-order valence-corrected chi connectivity index (χ4v) is 2.98. The summed E-state index contributed by atoms with van der Waals surface area (Å²) in [6, 6.07) is 7.21. The Hall–Kier alpha value is -2.25. The molecule has 0 radical (unpaired) electrons. The van der Waals surface area contributed by atoms with Crippen molar-refractivity contribution in [3.63, 3.8) is 0 Å². The normalized spacial score (nSPS) is 11.0. The number of para-hydroxylation sites is 1. The summed E-state index contributed by atoms with van der Waals surface area (Å²) in [5.41, 5.74) is 3.25. The first-order valence-electron chi connectivity index (χ1n) is 6.94. The average molecular weight is 316 g/mol. The average Bonchev–Trinajstić information content (AvgIpc) is 2.94. The van der Waals surface area contributed by atoms with Crippen molar-refractivity contribution >= 4 is 28.2 Å². The molecule has 2 N–H and O–H groups in total. The predicted molar refractivity (Wildman–Crippen MR) is 87.3 cm³/mol. The Balaban J connectivity index is 2.01. The van der Waals surface area contributed by atoms with E-state index in [2.05, 4.69) is 15.3 Å². The lowest BCUT2D eigenvalue weighted by Gasteiger charge is -2.13. The number of hydrogen-bond donors (Lipinski definition) is 2. The van der Waals surface area contributed by atoms with E-state index >= 15 is 0 Å². The molecule has 0 spiro atoms. The summed E-state index contributed by atoms with van der Waals surface area (Å²) >= 11 is 1.56. The molecule has 0 aliphatic rings. The highest BCUT2D eigenvalue weighted by atomic mass is 32.1. The molecule has 114 valence electrons. The van der Waals surface area contributed by atoms with E-state index in [1.54, 1.807) is 22.9 Å². The summed E-state index contributed by atoms with van der Waals surface area (Å²) in [6.45, 7) is 2.59. The lowest BCUT2D eigenvalue weighted by molar-refractivity contribution is 0.275. The van der Waals surface area contributed by atoms with E-state index in [1.807, 2.05) is 25.1 Å². The van der Waals surface area contributed by atoms with Crippen LogP contribution >= 0.6 is 11.3 Å². The van der Waals surface area contributed by atoms with Gasteiger partial charge in [-0.3, -0.25) is 9.36 Å². The van der Waals surface area contributed by atoms with Crippen LogP contribution < -0.4 is 10.9 Å². The van der Waals surface area contributed by atoms with Crippen LogP contribution in [0, 0.1) is 6.92 Å². The Kier molecular flexibility index (Phi) is 4.17. The molecule has 0 aliphatic heterocycles. The van der Waals surface area contributed by atoms with Gasteiger partial charge in [-0.25, -0.2) is 9.97 Å². The maximum atomic E-state index is 12.5. The number of thiazole rings is 1. The summed E-state index contributed by atoms with van der Waals surface area (Å²) in [6.07, 6.45) is 0. The molecule has 0 aliphatic carbocycles. The SMILES string of the molecule is Cc1ncsc1CNc1nc2ccccc2c(=O)n1CCO. The van der Waals surface area contributed by atoms with Gasteiger partial charge in [0.05, 0.1) is 41.8 Å². The van der Waals surface area contributed by atoms with Crippen molar-refractivity contribution in [2.75, 3.05) is 11.9 Å². The van der Waals surface area contributed by atoms with Crippen LogP contribution in [-0.2, 0) is 13.1 Å². The highest BCUT2D eigenvalue weighted by molar-refractivity contribution is 7.09. The van der Waals surface area contributed by atoms with Crippen LogP contribution in [0.5, 0.6) is 0 Å². The molecule has 0 saturated carbocycles. The molecule has 22 heavy (non-hydrogen) atoms. The zero-order valence-corrected chi connectivity index (χ0v) is 12.9. The topological polar surface area (TPSA) is 80.0 Å². The minimum Gasteiger partial charge on any atom is -0.395 e. The molecule has 3 aromatic rings. The highest BCUT2D eigenvalue weighted by Gasteiger charge is 2.11. The molecule has 0 atom stereocenters. The van der Waals surface area contributed by atoms with E-state index in [1.165, 1.54) is 4.57 Å². The van der Waals surface area contributed by atoms with Crippen molar-refractivity contribution in [1.82, 2.24) is 14.5 Å². The van der Waals surface area contributed by atoms with Gasteiger partial charge >= 0.3 is 0 Å². The number of hydrogen-bond acceptors (Lipinski definition) is 6. The summed E-state index contributed by atoms with van der Waals surface area (Å²) in [5, 5.41) is 13.0. The third-order valence-corrected chi connectivity index (χ3v) is 4.37. The number of fused-ring (bicyclic) bond motifs is 1. The molecule has 0 amide bonds. The molecule has 0 fully saturated rings. The van der Waals surface area contributed by atoms with Crippen molar-refractivity contribution in [3.05, 3.63) is 50.7 Å². The maximum Gasteiger partial charge on any atom is 0.262 e. The number of aliphatic hydroxyl groups excluding tert-OH is 1. The van der Waals surface area contributed by atoms with Gasteiger partial charge in [0.1, 0.15) is 0 Å². The molecular weight excluding hydrogens is 300 g/mol.